The lowest BCUT2D eigenvalue weighted by Crippen LogP contribution is -2.27. The lowest BCUT2D eigenvalue weighted by Gasteiger charge is -2.14. The SMILES string of the molecule is Cc1cc(/C=C2/SC(=S)N(c3ccc(F)c(Cl)c3)C2=O)c(C)n1-c1ccc(Cl)cc1. The van der Waals surface area contributed by atoms with Gasteiger partial charge in [0, 0.05) is 22.1 Å². The van der Waals surface area contributed by atoms with E-state index in [1.807, 2.05) is 50.3 Å². The number of hydrogen-bond donors (Lipinski definition) is 0. The van der Waals surface area contributed by atoms with Crippen LogP contribution in [0, 0.1) is 19.7 Å². The Kier molecular flexibility index (Phi) is 5.77. The van der Waals surface area contributed by atoms with Gasteiger partial charge in [0.1, 0.15) is 5.82 Å². The lowest BCUT2D eigenvalue weighted by molar-refractivity contribution is -0.113. The summed E-state index contributed by atoms with van der Waals surface area (Å²) < 4.78 is 16.0. The maximum atomic E-state index is 13.5. The van der Waals surface area contributed by atoms with E-state index in [1.165, 1.54) is 34.9 Å². The zero-order valence-corrected chi connectivity index (χ0v) is 19.1. The molecule has 0 N–H and O–H groups in total. The Balaban J connectivity index is 1.70. The van der Waals surface area contributed by atoms with E-state index in [2.05, 4.69) is 4.57 Å². The fourth-order valence-corrected chi connectivity index (χ4v) is 4.97. The average molecular weight is 477 g/mol. The van der Waals surface area contributed by atoms with Gasteiger partial charge < -0.3 is 4.57 Å². The van der Waals surface area contributed by atoms with Crippen molar-refractivity contribution in [3.05, 3.63) is 86.2 Å². The standard InChI is InChI=1S/C22H15Cl2FN2OS2/c1-12-9-14(13(2)26(12)16-5-3-15(23)4-6-16)10-20-21(28)27(22(29)30-20)17-7-8-19(25)18(24)11-17/h3-11H,1-2H3/b20-10+. The van der Waals surface area contributed by atoms with Crippen LogP contribution >= 0.6 is 47.2 Å². The molecule has 1 fully saturated rings. The highest BCUT2D eigenvalue weighted by Gasteiger charge is 2.34. The number of thiocarbonyl (C=S) groups is 1. The molecule has 0 unspecified atom stereocenters. The number of carbonyl (C=O) groups is 1. The largest absolute Gasteiger partial charge is 0.318 e. The van der Waals surface area contributed by atoms with Crippen molar-refractivity contribution in [3.8, 4) is 5.69 Å². The molecule has 1 amide bonds. The van der Waals surface area contributed by atoms with Gasteiger partial charge in [-0.2, -0.15) is 0 Å². The first-order valence-electron chi connectivity index (χ1n) is 8.94. The zero-order chi connectivity index (χ0) is 21.6. The van der Waals surface area contributed by atoms with E-state index in [4.69, 9.17) is 35.4 Å². The quantitative estimate of drug-likeness (QED) is 0.302. The number of hydrogen-bond acceptors (Lipinski definition) is 3. The van der Waals surface area contributed by atoms with E-state index in [1.54, 1.807) is 0 Å². The molecule has 1 aliphatic heterocycles. The third-order valence-corrected chi connectivity index (χ3v) is 6.64. The monoisotopic (exact) mass is 476 g/mol. The van der Waals surface area contributed by atoms with Gasteiger partial charge >= 0.3 is 0 Å². The van der Waals surface area contributed by atoms with Crippen molar-refractivity contribution in [2.24, 2.45) is 0 Å². The second-order valence-corrected chi connectivity index (χ2v) is 9.27. The molecule has 1 saturated heterocycles. The van der Waals surface area contributed by atoms with Crippen molar-refractivity contribution in [1.29, 1.82) is 0 Å². The topological polar surface area (TPSA) is 25.2 Å². The highest BCUT2D eigenvalue weighted by atomic mass is 35.5. The molecule has 0 atom stereocenters. The minimum atomic E-state index is -0.545. The number of nitrogens with zero attached hydrogens (tertiary/aromatic N) is 2. The third kappa shape index (κ3) is 3.81. The molecule has 30 heavy (non-hydrogen) atoms. The molecular formula is C22H15Cl2FN2OS2. The van der Waals surface area contributed by atoms with Gasteiger partial charge in [0.15, 0.2) is 4.32 Å². The van der Waals surface area contributed by atoms with Crippen molar-refractivity contribution in [3.63, 3.8) is 0 Å². The van der Waals surface area contributed by atoms with E-state index in [0.29, 0.717) is 19.9 Å². The van der Waals surface area contributed by atoms with Crippen LogP contribution in [0.25, 0.3) is 11.8 Å². The number of rotatable bonds is 3. The lowest BCUT2D eigenvalue weighted by atomic mass is 10.2. The number of aromatic nitrogens is 1. The Morgan fingerprint density at radius 3 is 2.37 bits per heavy atom. The van der Waals surface area contributed by atoms with Crippen LogP contribution in [0.3, 0.4) is 0 Å². The summed E-state index contributed by atoms with van der Waals surface area (Å²) in [5.74, 6) is -0.806. The molecule has 8 heteroatoms. The summed E-state index contributed by atoms with van der Waals surface area (Å²) in [5.41, 5.74) is 4.37. The first kappa shape index (κ1) is 21.1. The second-order valence-electron chi connectivity index (χ2n) is 6.75. The van der Waals surface area contributed by atoms with Crippen LogP contribution < -0.4 is 4.90 Å². The highest BCUT2D eigenvalue weighted by molar-refractivity contribution is 8.27. The number of anilines is 1. The van der Waals surface area contributed by atoms with Crippen molar-refractivity contribution in [2.45, 2.75) is 13.8 Å². The van der Waals surface area contributed by atoms with Crippen molar-refractivity contribution >= 4 is 69.2 Å². The molecule has 1 aliphatic rings. The molecule has 0 radical (unpaired) electrons. The van der Waals surface area contributed by atoms with E-state index in [0.717, 1.165) is 22.6 Å². The molecule has 0 aliphatic carbocycles. The van der Waals surface area contributed by atoms with Crippen LogP contribution in [0.2, 0.25) is 10.0 Å². The van der Waals surface area contributed by atoms with E-state index in [-0.39, 0.29) is 10.9 Å². The van der Waals surface area contributed by atoms with Crippen molar-refractivity contribution < 1.29 is 9.18 Å². The van der Waals surface area contributed by atoms with Crippen molar-refractivity contribution in [2.75, 3.05) is 4.90 Å². The predicted octanol–water partition coefficient (Wildman–Crippen LogP) is 6.95. The predicted molar refractivity (Wildman–Crippen MR) is 127 cm³/mol. The smallest absolute Gasteiger partial charge is 0.270 e. The summed E-state index contributed by atoms with van der Waals surface area (Å²) in [6, 6.07) is 13.7. The Morgan fingerprint density at radius 1 is 1.03 bits per heavy atom. The maximum absolute atomic E-state index is 13.5. The average Bonchev–Trinajstić information content (AvgIpc) is 3.13. The minimum absolute atomic E-state index is 0.0583. The van der Waals surface area contributed by atoms with Crippen LogP contribution in [0.1, 0.15) is 17.0 Å². The molecule has 0 saturated carbocycles. The number of amides is 1. The summed E-state index contributed by atoms with van der Waals surface area (Å²) >= 11 is 18.5. The summed E-state index contributed by atoms with van der Waals surface area (Å²) in [5, 5.41) is 0.614. The summed E-state index contributed by atoms with van der Waals surface area (Å²) in [6.45, 7) is 4.00. The molecular weight excluding hydrogens is 462 g/mol. The van der Waals surface area contributed by atoms with Gasteiger partial charge in [-0.15, -0.1) is 0 Å². The number of aryl methyl sites for hydroxylation is 1. The summed E-state index contributed by atoms with van der Waals surface area (Å²) in [6.07, 6.45) is 1.83. The number of carbonyl (C=O) groups excluding carboxylic acids is 1. The molecule has 3 aromatic rings. The van der Waals surface area contributed by atoms with E-state index < -0.39 is 5.82 Å². The van der Waals surface area contributed by atoms with E-state index in [9.17, 15) is 9.18 Å². The van der Waals surface area contributed by atoms with Crippen LogP contribution in [0.4, 0.5) is 10.1 Å². The molecule has 0 bridgehead atoms. The molecule has 3 nitrogen and oxygen atoms in total. The molecule has 0 spiro atoms. The zero-order valence-electron chi connectivity index (χ0n) is 15.9. The Labute approximate surface area is 193 Å². The summed E-state index contributed by atoms with van der Waals surface area (Å²) in [4.78, 5) is 14.9. The molecule has 2 aromatic carbocycles. The van der Waals surface area contributed by atoms with Crippen LogP contribution in [-0.2, 0) is 4.79 Å². The van der Waals surface area contributed by atoms with E-state index >= 15 is 0 Å². The van der Waals surface area contributed by atoms with Gasteiger partial charge in [-0.25, -0.2) is 4.39 Å². The molecule has 2 heterocycles. The van der Waals surface area contributed by atoms with Crippen LogP contribution in [0.15, 0.2) is 53.4 Å². The third-order valence-electron chi connectivity index (χ3n) is 4.80. The van der Waals surface area contributed by atoms with Gasteiger partial charge in [-0.3, -0.25) is 9.69 Å². The minimum Gasteiger partial charge on any atom is -0.318 e. The van der Waals surface area contributed by atoms with Gasteiger partial charge in [0.05, 0.1) is 15.6 Å². The highest BCUT2D eigenvalue weighted by Crippen LogP contribution is 2.38. The molecule has 4 rings (SSSR count). The number of benzene rings is 2. The normalized spacial score (nSPS) is 15.5. The second kappa shape index (κ2) is 8.19. The van der Waals surface area contributed by atoms with Crippen LogP contribution in [0.5, 0.6) is 0 Å². The van der Waals surface area contributed by atoms with Gasteiger partial charge in [0.25, 0.3) is 5.91 Å². The summed E-state index contributed by atoms with van der Waals surface area (Å²) in [7, 11) is 0. The first-order chi connectivity index (χ1) is 14.3. The Hall–Kier alpha value is -2.12. The molecule has 152 valence electrons. The fourth-order valence-electron chi connectivity index (χ4n) is 3.38. The van der Waals surface area contributed by atoms with Crippen LogP contribution in [-0.4, -0.2) is 14.8 Å². The van der Waals surface area contributed by atoms with Gasteiger partial charge in [0.2, 0.25) is 0 Å². The number of thioether (sulfide) groups is 1. The molecule has 1 aromatic heterocycles. The Morgan fingerprint density at radius 2 is 1.70 bits per heavy atom. The maximum Gasteiger partial charge on any atom is 0.270 e. The van der Waals surface area contributed by atoms with Gasteiger partial charge in [-0.1, -0.05) is 47.2 Å². The fraction of sp³-hybridized carbons (Fsp3) is 0.0909. The first-order valence-corrected chi connectivity index (χ1v) is 10.9. The van der Waals surface area contributed by atoms with Crippen molar-refractivity contribution in [1.82, 2.24) is 4.57 Å². The Bertz CT molecular complexity index is 1220. The van der Waals surface area contributed by atoms with Gasteiger partial charge in [-0.05, 0) is 74.0 Å². The number of halogens is 3.